The lowest BCUT2D eigenvalue weighted by Gasteiger charge is -2.26. The molecule has 0 radical (unpaired) electrons. The van der Waals surface area contributed by atoms with Crippen molar-refractivity contribution in [2.75, 3.05) is 19.8 Å². The van der Waals surface area contributed by atoms with E-state index < -0.39 is 0 Å². The molecular weight excluding hydrogens is 318 g/mol. The second-order valence-electron chi connectivity index (χ2n) is 6.80. The summed E-state index contributed by atoms with van der Waals surface area (Å²) in [6, 6.07) is 12.0. The molecule has 2 atom stereocenters. The molecule has 0 saturated carbocycles. The molecule has 1 saturated heterocycles. The fraction of sp³-hybridized carbons (Fsp3) is 0.450. The fourth-order valence-electron chi connectivity index (χ4n) is 3.67. The summed E-state index contributed by atoms with van der Waals surface area (Å²) in [5, 5.41) is 0. The van der Waals surface area contributed by atoms with Gasteiger partial charge in [0.15, 0.2) is 0 Å². The molecule has 0 unspecified atom stereocenters. The molecule has 2 aliphatic rings. The highest BCUT2D eigenvalue weighted by Crippen LogP contribution is 2.28. The van der Waals surface area contributed by atoms with Gasteiger partial charge < -0.3 is 13.9 Å². The summed E-state index contributed by atoms with van der Waals surface area (Å²) in [4.78, 5) is 14.8. The van der Waals surface area contributed by atoms with Crippen LogP contribution in [0.3, 0.4) is 0 Å². The quantitative estimate of drug-likeness (QED) is 0.783. The van der Waals surface area contributed by atoms with E-state index in [1.165, 1.54) is 0 Å². The van der Waals surface area contributed by atoms with Gasteiger partial charge in [-0.05, 0) is 49.6 Å². The SMILES string of the molecule is O=C(OC[C@@H]1CCCN1Cc1ccco1)[C@@H]1COc2ccccc2C1. The fourth-order valence-corrected chi connectivity index (χ4v) is 3.67. The number of carbonyl (C=O) groups excluding carboxylic acids is 1. The predicted octanol–water partition coefficient (Wildman–Crippen LogP) is 3.04. The molecule has 2 aliphatic heterocycles. The zero-order valence-electron chi connectivity index (χ0n) is 14.2. The van der Waals surface area contributed by atoms with Gasteiger partial charge in [0, 0.05) is 6.04 Å². The third-order valence-corrected chi connectivity index (χ3v) is 5.07. The van der Waals surface area contributed by atoms with Crippen LogP contribution < -0.4 is 4.74 Å². The Kier molecular flexibility index (Phi) is 4.74. The minimum atomic E-state index is -0.213. The highest BCUT2D eigenvalue weighted by Gasteiger charge is 2.30. The Balaban J connectivity index is 1.30. The molecule has 5 nitrogen and oxygen atoms in total. The Labute approximate surface area is 147 Å². The number of furan rings is 1. The molecule has 0 spiro atoms. The second-order valence-corrected chi connectivity index (χ2v) is 6.80. The Bertz CT molecular complexity index is 712. The summed E-state index contributed by atoms with van der Waals surface area (Å²) in [6.45, 7) is 2.63. The zero-order valence-corrected chi connectivity index (χ0v) is 14.2. The number of rotatable bonds is 5. The van der Waals surface area contributed by atoms with Gasteiger partial charge in [0.2, 0.25) is 0 Å². The van der Waals surface area contributed by atoms with Crippen molar-refractivity contribution in [2.45, 2.75) is 31.8 Å². The van der Waals surface area contributed by atoms with Crippen LogP contribution >= 0.6 is 0 Å². The van der Waals surface area contributed by atoms with E-state index in [-0.39, 0.29) is 17.9 Å². The Morgan fingerprint density at radius 2 is 2.16 bits per heavy atom. The zero-order chi connectivity index (χ0) is 17.1. The lowest BCUT2D eigenvalue weighted by atomic mass is 9.97. The van der Waals surface area contributed by atoms with E-state index in [1.807, 2.05) is 36.4 Å². The summed E-state index contributed by atoms with van der Waals surface area (Å²) in [5.41, 5.74) is 1.08. The topological polar surface area (TPSA) is 51.9 Å². The molecule has 132 valence electrons. The van der Waals surface area contributed by atoms with Crippen molar-refractivity contribution >= 4 is 5.97 Å². The molecule has 5 heteroatoms. The number of hydrogen-bond donors (Lipinski definition) is 0. The van der Waals surface area contributed by atoms with Crippen molar-refractivity contribution in [1.82, 2.24) is 4.90 Å². The Hall–Kier alpha value is -2.27. The molecule has 25 heavy (non-hydrogen) atoms. The molecule has 3 heterocycles. The standard InChI is InChI=1S/C20H23NO4/c22-20(16-11-15-5-1-2-8-19(15)24-13-16)25-14-17-6-3-9-21(17)12-18-7-4-10-23-18/h1-2,4-5,7-8,10,16-17H,3,6,9,11-14H2/t16-,17-/m0/s1. The average Bonchev–Trinajstić information content (AvgIpc) is 3.32. The first kappa shape index (κ1) is 16.2. The second kappa shape index (κ2) is 7.31. The highest BCUT2D eigenvalue weighted by atomic mass is 16.5. The average molecular weight is 341 g/mol. The molecule has 1 aromatic carbocycles. The van der Waals surface area contributed by atoms with Gasteiger partial charge in [-0.15, -0.1) is 0 Å². The molecule has 0 bridgehead atoms. The summed E-state index contributed by atoms with van der Waals surface area (Å²) in [5.74, 6) is 1.47. The summed E-state index contributed by atoms with van der Waals surface area (Å²) in [6.07, 6.45) is 4.57. The highest BCUT2D eigenvalue weighted by molar-refractivity contribution is 5.73. The molecule has 0 amide bonds. The van der Waals surface area contributed by atoms with Crippen molar-refractivity contribution in [2.24, 2.45) is 5.92 Å². The first-order chi connectivity index (χ1) is 12.3. The monoisotopic (exact) mass is 341 g/mol. The van der Waals surface area contributed by atoms with Gasteiger partial charge in [0.05, 0.1) is 18.7 Å². The number of ether oxygens (including phenoxy) is 2. The summed E-state index contributed by atoms with van der Waals surface area (Å²) in [7, 11) is 0. The smallest absolute Gasteiger partial charge is 0.312 e. The van der Waals surface area contributed by atoms with Gasteiger partial charge in [0.1, 0.15) is 24.7 Å². The first-order valence-electron chi connectivity index (χ1n) is 8.93. The number of likely N-dealkylation sites (tertiary alicyclic amines) is 1. The number of benzene rings is 1. The van der Waals surface area contributed by atoms with E-state index in [0.29, 0.717) is 19.6 Å². The van der Waals surface area contributed by atoms with Crippen LogP contribution in [0.4, 0.5) is 0 Å². The molecule has 4 rings (SSSR count). The molecule has 1 aromatic heterocycles. The number of para-hydroxylation sites is 1. The van der Waals surface area contributed by atoms with Crippen LogP contribution in [-0.4, -0.2) is 36.7 Å². The van der Waals surface area contributed by atoms with E-state index in [4.69, 9.17) is 13.9 Å². The molecule has 1 fully saturated rings. The van der Waals surface area contributed by atoms with Crippen LogP contribution in [-0.2, 0) is 22.5 Å². The van der Waals surface area contributed by atoms with Gasteiger partial charge in [-0.1, -0.05) is 18.2 Å². The van der Waals surface area contributed by atoms with Gasteiger partial charge in [-0.25, -0.2) is 0 Å². The van der Waals surface area contributed by atoms with Crippen LogP contribution in [0.15, 0.2) is 47.1 Å². The minimum absolute atomic E-state index is 0.153. The van der Waals surface area contributed by atoms with Gasteiger partial charge in [0.25, 0.3) is 0 Å². The Morgan fingerprint density at radius 3 is 3.04 bits per heavy atom. The number of carbonyl (C=O) groups is 1. The minimum Gasteiger partial charge on any atom is -0.492 e. The van der Waals surface area contributed by atoms with Crippen LogP contribution in [0, 0.1) is 5.92 Å². The van der Waals surface area contributed by atoms with Crippen molar-refractivity contribution < 1.29 is 18.7 Å². The van der Waals surface area contributed by atoms with E-state index in [0.717, 1.165) is 43.0 Å². The largest absolute Gasteiger partial charge is 0.492 e. The number of esters is 1. The van der Waals surface area contributed by atoms with E-state index in [9.17, 15) is 4.79 Å². The summed E-state index contributed by atoms with van der Waals surface area (Å²) < 4.78 is 16.8. The van der Waals surface area contributed by atoms with Crippen LogP contribution in [0.25, 0.3) is 0 Å². The lowest BCUT2D eigenvalue weighted by molar-refractivity contribution is -0.151. The number of fused-ring (bicyclic) bond motifs is 1. The molecule has 0 aliphatic carbocycles. The van der Waals surface area contributed by atoms with Crippen molar-refractivity contribution in [1.29, 1.82) is 0 Å². The maximum Gasteiger partial charge on any atom is 0.312 e. The van der Waals surface area contributed by atoms with Crippen LogP contribution in [0.1, 0.15) is 24.2 Å². The maximum atomic E-state index is 12.4. The lowest BCUT2D eigenvalue weighted by Crippen LogP contribution is -2.36. The molecular formula is C20H23NO4. The van der Waals surface area contributed by atoms with Gasteiger partial charge in [-0.3, -0.25) is 9.69 Å². The van der Waals surface area contributed by atoms with E-state index in [2.05, 4.69) is 4.90 Å². The number of nitrogens with zero attached hydrogens (tertiary/aromatic N) is 1. The third-order valence-electron chi connectivity index (χ3n) is 5.07. The first-order valence-corrected chi connectivity index (χ1v) is 8.93. The Morgan fingerprint density at radius 1 is 1.24 bits per heavy atom. The van der Waals surface area contributed by atoms with E-state index in [1.54, 1.807) is 6.26 Å². The van der Waals surface area contributed by atoms with Crippen LogP contribution in [0.5, 0.6) is 5.75 Å². The number of hydrogen-bond acceptors (Lipinski definition) is 5. The predicted molar refractivity (Wildman–Crippen MR) is 92.2 cm³/mol. The van der Waals surface area contributed by atoms with Crippen molar-refractivity contribution in [3.05, 3.63) is 54.0 Å². The maximum absolute atomic E-state index is 12.4. The third kappa shape index (κ3) is 3.71. The van der Waals surface area contributed by atoms with Crippen molar-refractivity contribution in [3.63, 3.8) is 0 Å². The summed E-state index contributed by atoms with van der Waals surface area (Å²) >= 11 is 0. The normalized spacial score (nSPS) is 23.0. The van der Waals surface area contributed by atoms with Crippen LogP contribution in [0.2, 0.25) is 0 Å². The molecule has 2 aromatic rings. The van der Waals surface area contributed by atoms with Gasteiger partial charge >= 0.3 is 5.97 Å². The van der Waals surface area contributed by atoms with Gasteiger partial charge in [-0.2, -0.15) is 0 Å². The molecule has 0 N–H and O–H groups in total. The van der Waals surface area contributed by atoms with E-state index >= 15 is 0 Å². The van der Waals surface area contributed by atoms with Crippen molar-refractivity contribution in [3.8, 4) is 5.75 Å².